The standard InChI is InChI=1S/C18H23N3O3/c1-12-3-2-4-14-16(12)13(11-20-14)5-6-15(22)21-9-7-18(24,8-10-21)17(19)23/h2-4,11,20,24H,5-10H2,1H3,(H2,19,23). The van der Waals surface area contributed by atoms with Crippen molar-refractivity contribution in [2.75, 3.05) is 13.1 Å². The fourth-order valence-corrected chi connectivity index (χ4v) is 3.42. The molecule has 3 rings (SSSR count). The number of nitrogens with two attached hydrogens (primary N) is 1. The van der Waals surface area contributed by atoms with E-state index in [-0.39, 0.29) is 18.7 Å². The van der Waals surface area contributed by atoms with Crippen LogP contribution >= 0.6 is 0 Å². The Kier molecular flexibility index (Phi) is 4.32. The second-order valence-corrected chi connectivity index (χ2v) is 6.59. The molecule has 0 aliphatic carbocycles. The van der Waals surface area contributed by atoms with Gasteiger partial charge in [0.1, 0.15) is 5.60 Å². The Labute approximate surface area is 140 Å². The Morgan fingerprint density at radius 2 is 2.04 bits per heavy atom. The zero-order chi connectivity index (χ0) is 17.3. The average Bonchev–Trinajstić information content (AvgIpc) is 2.98. The number of hydrogen-bond acceptors (Lipinski definition) is 3. The van der Waals surface area contributed by atoms with Crippen LogP contribution in [0.3, 0.4) is 0 Å². The number of aromatic amines is 1. The molecule has 0 spiro atoms. The van der Waals surface area contributed by atoms with Gasteiger partial charge in [0, 0.05) is 49.5 Å². The number of piperidine rings is 1. The van der Waals surface area contributed by atoms with Crippen molar-refractivity contribution in [3.05, 3.63) is 35.5 Å². The van der Waals surface area contributed by atoms with Crippen molar-refractivity contribution in [3.63, 3.8) is 0 Å². The summed E-state index contributed by atoms with van der Waals surface area (Å²) in [4.78, 5) is 28.6. The number of rotatable bonds is 4. The molecule has 0 bridgehead atoms. The van der Waals surface area contributed by atoms with E-state index in [0.717, 1.165) is 11.1 Å². The zero-order valence-corrected chi connectivity index (χ0v) is 13.8. The Bertz CT molecular complexity index is 773. The van der Waals surface area contributed by atoms with Gasteiger partial charge < -0.3 is 20.7 Å². The fraction of sp³-hybridized carbons (Fsp3) is 0.444. The van der Waals surface area contributed by atoms with Crippen molar-refractivity contribution in [1.29, 1.82) is 0 Å². The van der Waals surface area contributed by atoms with Gasteiger partial charge in [0.25, 0.3) is 0 Å². The molecule has 2 amide bonds. The van der Waals surface area contributed by atoms with Crippen LogP contribution in [0, 0.1) is 6.92 Å². The highest BCUT2D eigenvalue weighted by molar-refractivity contribution is 5.87. The molecule has 6 nitrogen and oxygen atoms in total. The van der Waals surface area contributed by atoms with Crippen molar-refractivity contribution < 1.29 is 14.7 Å². The van der Waals surface area contributed by atoms with Gasteiger partial charge in [-0.15, -0.1) is 0 Å². The lowest BCUT2D eigenvalue weighted by Crippen LogP contribution is -2.53. The van der Waals surface area contributed by atoms with Crippen LogP contribution in [0.15, 0.2) is 24.4 Å². The van der Waals surface area contributed by atoms with E-state index >= 15 is 0 Å². The maximum Gasteiger partial charge on any atom is 0.249 e. The lowest BCUT2D eigenvalue weighted by Gasteiger charge is -2.36. The third-order valence-corrected chi connectivity index (χ3v) is 5.01. The molecule has 6 heteroatoms. The van der Waals surface area contributed by atoms with Gasteiger partial charge in [0.15, 0.2) is 0 Å². The largest absolute Gasteiger partial charge is 0.380 e. The van der Waals surface area contributed by atoms with Crippen molar-refractivity contribution in [1.82, 2.24) is 9.88 Å². The first-order chi connectivity index (χ1) is 11.4. The topological polar surface area (TPSA) is 99.4 Å². The Morgan fingerprint density at radius 3 is 2.71 bits per heavy atom. The number of aryl methyl sites for hydroxylation is 2. The van der Waals surface area contributed by atoms with E-state index in [9.17, 15) is 14.7 Å². The van der Waals surface area contributed by atoms with Crippen LogP contribution in [0.1, 0.15) is 30.4 Å². The molecule has 1 aliphatic rings. The van der Waals surface area contributed by atoms with Crippen molar-refractivity contribution >= 4 is 22.7 Å². The van der Waals surface area contributed by atoms with Crippen LogP contribution < -0.4 is 5.73 Å². The lowest BCUT2D eigenvalue weighted by molar-refractivity contribution is -0.146. The maximum atomic E-state index is 12.4. The highest BCUT2D eigenvalue weighted by Crippen LogP contribution is 2.25. The number of hydrogen-bond donors (Lipinski definition) is 3. The van der Waals surface area contributed by atoms with Gasteiger partial charge in [0.05, 0.1) is 0 Å². The number of amides is 2. The predicted octanol–water partition coefficient (Wildman–Crippen LogP) is 1.25. The first-order valence-corrected chi connectivity index (χ1v) is 8.26. The van der Waals surface area contributed by atoms with Crippen LogP contribution in [0.4, 0.5) is 0 Å². The number of fused-ring (bicyclic) bond motifs is 1. The summed E-state index contributed by atoms with van der Waals surface area (Å²) in [6.45, 7) is 2.80. The van der Waals surface area contributed by atoms with Gasteiger partial charge in [-0.25, -0.2) is 0 Å². The summed E-state index contributed by atoms with van der Waals surface area (Å²) in [6.07, 6.45) is 3.46. The zero-order valence-electron chi connectivity index (χ0n) is 13.8. The van der Waals surface area contributed by atoms with Crippen LogP contribution in [0.2, 0.25) is 0 Å². The molecule has 0 radical (unpaired) electrons. The highest BCUT2D eigenvalue weighted by atomic mass is 16.3. The number of nitrogens with one attached hydrogen (secondary N) is 1. The summed E-state index contributed by atoms with van der Waals surface area (Å²) in [5, 5.41) is 11.2. The van der Waals surface area contributed by atoms with Crippen LogP contribution in [0.5, 0.6) is 0 Å². The van der Waals surface area contributed by atoms with E-state index < -0.39 is 11.5 Å². The number of aromatic nitrogens is 1. The van der Waals surface area contributed by atoms with Gasteiger partial charge in [-0.3, -0.25) is 9.59 Å². The van der Waals surface area contributed by atoms with E-state index in [1.807, 2.05) is 18.3 Å². The number of aliphatic hydroxyl groups is 1. The van der Waals surface area contributed by atoms with Gasteiger partial charge in [-0.05, 0) is 30.5 Å². The van der Waals surface area contributed by atoms with Crippen molar-refractivity contribution in [2.24, 2.45) is 5.73 Å². The highest BCUT2D eigenvalue weighted by Gasteiger charge is 2.38. The number of H-pyrrole nitrogens is 1. The molecule has 0 unspecified atom stereocenters. The Morgan fingerprint density at radius 1 is 1.33 bits per heavy atom. The molecule has 24 heavy (non-hydrogen) atoms. The van der Waals surface area contributed by atoms with Gasteiger partial charge in [-0.1, -0.05) is 12.1 Å². The number of primary amides is 1. The minimum absolute atomic E-state index is 0.0458. The minimum atomic E-state index is -1.47. The lowest BCUT2D eigenvalue weighted by atomic mass is 9.90. The summed E-state index contributed by atoms with van der Waals surface area (Å²) in [7, 11) is 0. The van der Waals surface area contributed by atoms with Crippen LogP contribution in [-0.4, -0.2) is 45.5 Å². The van der Waals surface area contributed by atoms with Gasteiger partial charge >= 0.3 is 0 Å². The molecule has 0 atom stereocenters. The van der Waals surface area contributed by atoms with Crippen molar-refractivity contribution in [3.8, 4) is 0 Å². The first kappa shape index (κ1) is 16.5. The minimum Gasteiger partial charge on any atom is -0.380 e. The molecule has 4 N–H and O–H groups in total. The average molecular weight is 329 g/mol. The molecular weight excluding hydrogens is 306 g/mol. The Balaban J connectivity index is 1.61. The second-order valence-electron chi connectivity index (χ2n) is 6.59. The van der Waals surface area contributed by atoms with Crippen molar-refractivity contribution in [2.45, 2.75) is 38.2 Å². The number of benzene rings is 1. The summed E-state index contributed by atoms with van der Waals surface area (Å²) < 4.78 is 0. The summed E-state index contributed by atoms with van der Waals surface area (Å²) >= 11 is 0. The van der Waals surface area contributed by atoms with E-state index in [2.05, 4.69) is 18.0 Å². The second kappa shape index (κ2) is 6.28. The third-order valence-electron chi connectivity index (χ3n) is 5.01. The number of nitrogens with zero attached hydrogens (tertiary/aromatic N) is 1. The molecule has 1 saturated heterocycles. The van der Waals surface area contributed by atoms with E-state index in [1.54, 1.807) is 4.90 Å². The summed E-state index contributed by atoms with van der Waals surface area (Å²) in [5.74, 6) is -0.659. The molecule has 2 aromatic rings. The smallest absolute Gasteiger partial charge is 0.249 e. The SMILES string of the molecule is Cc1cccc2[nH]cc(CCC(=O)N3CCC(O)(C(N)=O)CC3)c12. The van der Waals surface area contributed by atoms with E-state index in [1.165, 1.54) is 10.9 Å². The summed E-state index contributed by atoms with van der Waals surface area (Å²) in [6, 6.07) is 6.11. The van der Waals surface area contributed by atoms with E-state index in [4.69, 9.17) is 5.73 Å². The fourth-order valence-electron chi connectivity index (χ4n) is 3.42. The maximum absolute atomic E-state index is 12.4. The predicted molar refractivity (Wildman–Crippen MR) is 91.3 cm³/mol. The Hall–Kier alpha value is -2.34. The number of carbonyl (C=O) groups excluding carboxylic acids is 2. The summed E-state index contributed by atoms with van der Waals surface area (Å²) in [5.41, 5.74) is 7.17. The van der Waals surface area contributed by atoms with Crippen LogP contribution in [-0.2, 0) is 16.0 Å². The number of likely N-dealkylation sites (tertiary alicyclic amines) is 1. The quantitative estimate of drug-likeness (QED) is 0.787. The molecular formula is C18H23N3O3. The van der Waals surface area contributed by atoms with Gasteiger partial charge in [-0.2, -0.15) is 0 Å². The third kappa shape index (κ3) is 3.01. The van der Waals surface area contributed by atoms with Crippen LogP contribution in [0.25, 0.3) is 10.9 Å². The molecule has 1 aliphatic heterocycles. The van der Waals surface area contributed by atoms with E-state index in [0.29, 0.717) is 25.9 Å². The monoisotopic (exact) mass is 329 g/mol. The molecule has 2 heterocycles. The normalized spacial score (nSPS) is 17.2. The molecule has 128 valence electrons. The molecule has 1 aromatic carbocycles. The molecule has 1 fully saturated rings. The van der Waals surface area contributed by atoms with Gasteiger partial charge in [0.2, 0.25) is 11.8 Å². The first-order valence-electron chi connectivity index (χ1n) is 8.26. The number of carbonyl (C=O) groups is 2. The molecule has 0 saturated carbocycles. The molecule has 1 aromatic heterocycles.